The number of hydrogen-bond acceptors (Lipinski definition) is 3. The molecule has 0 aliphatic rings. The fourth-order valence-corrected chi connectivity index (χ4v) is 2.88. The van der Waals surface area contributed by atoms with Gasteiger partial charge < -0.3 is 10.3 Å². The third kappa shape index (κ3) is 1.61. The van der Waals surface area contributed by atoms with Crippen LogP contribution in [-0.2, 0) is 0 Å². The molecule has 4 heteroatoms. The average molecular weight is 243 g/mol. The van der Waals surface area contributed by atoms with Crippen LogP contribution in [0.15, 0.2) is 41.1 Å². The van der Waals surface area contributed by atoms with Crippen molar-refractivity contribution in [1.82, 2.24) is 9.55 Å². The molecule has 0 amide bonds. The van der Waals surface area contributed by atoms with E-state index in [2.05, 4.69) is 39.4 Å². The maximum Gasteiger partial charge on any atom is 0.201 e. The van der Waals surface area contributed by atoms with Crippen molar-refractivity contribution in [3.05, 3.63) is 46.7 Å². The zero-order valence-corrected chi connectivity index (χ0v) is 10.3. The summed E-state index contributed by atoms with van der Waals surface area (Å²) in [6, 6.07) is 10.4. The molecule has 2 heterocycles. The highest BCUT2D eigenvalue weighted by atomic mass is 32.1. The van der Waals surface area contributed by atoms with Gasteiger partial charge in [0.15, 0.2) is 0 Å². The van der Waals surface area contributed by atoms with E-state index in [9.17, 15) is 0 Å². The normalized spacial score (nSPS) is 13.0. The zero-order chi connectivity index (χ0) is 11.8. The van der Waals surface area contributed by atoms with Crippen molar-refractivity contribution in [3.8, 4) is 0 Å². The Morgan fingerprint density at radius 3 is 2.88 bits per heavy atom. The molecule has 0 aliphatic heterocycles. The van der Waals surface area contributed by atoms with Gasteiger partial charge in [-0.1, -0.05) is 12.1 Å². The number of para-hydroxylation sites is 2. The molecule has 0 saturated heterocycles. The smallest absolute Gasteiger partial charge is 0.201 e. The summed E-state index contributed by atoms with van der Waals surface area (Å²) in [6.07, 6.45) is 0. The third-order valence-electron chi connectivity index (χ3n) is 3.04. The van der Waals surface area contributed by atoms with E-state index in [-0.39, 0.29) is 6.04 Å². The number of hydrogen-bond donors (Lipinski definition) is 1. The summed E-state index contributed by atoms with van der Waals surface area (Å²) < 4.78 is 2.08. The lowest BCUT2D eigenvalue weighted by Gasteiger charge is -2.14. The van der Waals surface area contributed by atoms with Crippen LogP contribution in [0.5, 0.6) is 0 Å². The van der Waals surface area contributed by atoms with Gasteiger partial charge in [-0.2, -0.15) is 11.3 Å². The van der Waals surface area contributed by atoms with Crippen molar-refractivity contribution in [1.29, 1.82) is 0 Å². The molecule has 86 valence electrons. The Morgan fingerprint density at radius 2 is 2.12 bits per heavy atom. The standard InChI is InChI=1S/C13H13N3S/c1-9(10-6-7-17-8-10)16-12-5-3-2-4-11(12)15-13(16)14/h2-9H,1H3,(H2,14,15). The van der Waals surface area contributed by atoms with Gasteiger partial charge in [0.1, 0.15) is 0 Å². The summed E-state index contributed by atoms with van der Waals surface area (Å²) >= 11 is 1.70. The van der Waals surface area contributed by atoms with E-state index in [1.54, 1.807) is 11.3 Å². The van der Waals surface area contributed by atoms with Gasteiger partial charge in [0.25, 0.3) is 0 Å². The number of nitrogen functional groups attached to an aromatic ring is 1. The molecule has 0 radical (unpaired) electrons. The second-order valence-corrected chi connectivity index (χ2v) is 4.84. The van der Waals surface area contributed by atoms with Crippen molar-refractivity contribution in [2.24, 2.45) is 0 Å². The van der Waals surface area contributed by atoms with Crippen LogP contribution in [0.4, 0.5) is 5.95 Å². The summed E-state index contributed by atoms with van der Waals surface area (Å²) in [5, 5.41) is 4.24. The van der Waals surface area contributed by atoms with Crippen LogP contribution >= 0.6 is 11.3 Å². The van der Waals surface area contributed by atoms with Gasteiger partial charge in [0.05, 0.1) is 17.1 Å². The summed E-state index contributed by atoms with van der Waals surface area (Å²) in [5.74, 6) is 0.574. The number of rotatable bonds is 2. The van der Waals surface area contributed by atoms with Crippen molar-refractivity contribution in [3.63, 3.8) is 0 Å². The van der Waals surface area contributed by atoms with Crippen LogP contribution in [0.2, 0.25) is 0 Å². The predicted octanol–water partition coefficient (Wildman–Crippen LogP) is 3.29. The number of benzene rings is 1. The minimum Gasteiger partial charge on any atom is -0.369 e. The molecule has 1 atom stereocenters. The third-order valence-corrected chi connectivity index (χ3v) is 3.74. The maximum atomic E-state index is 6.02. The average Bonchev–Trinajstić information content (AvgIpc) is 2.94. The van der Waals surface area contributed by atoms with Gasteiger partial charge in [-0.3, -0.25) is 0 Å². The van der Waals surface area contributed by atoms with Gasteiger partial charge in [-0.05, 0) is 41.4 Å². The highest BCUT2D eigenvalue weighted by molar-refractivity contribution is 7.07. The highest BCUT2D eigenvalue weighted by Crippen LogP contribution is 2.27. The fraction of sp³-hybridized carbons (Fsp3) is 0.154. The first-order chi connectivity index (χ1) is 8.27. The first-order valence-corrected chi connectivity index (χ1v) is 6.46. The first-order valence-electron chi connectivity index (χ1n) is 5.52. The molecule has 0 fully saturated rings. The van der Waals surface area contributed by atoms with Gasteiger partial charge >= 0.3 is 0 Å². The van der Waals surface area contributed by atoms with Crippen LogP contribution < -0.4 is 5.73 Å². The second-order valence-electron chi connectivity index (χ2n) is 4.06. The quantitative estimate of drug-likeness (QED) is 0.750. The second kappa shape index (κ2) is 3.89. The summed E-state index contributed by atoms with van der Waals surface area (Å²) in [7, 11) is 0. The number of fused-ring (bicyclic) bond motifs is 1. The molecule has 2 aromatic heterocycles. The number of imidazole rings is 1. The first kappa shape index (κ1) is 10.4. The van der Waals surface area contributed by atoms with E-state index in [1.807, 2.05) is 18.2 Å². The number of nitrogens with two attached hydrogens (primary N) is 1. The van der Waals surface area contributed by atoms with Crippen LogP contribution in [0.25, 0.3) is 11.0 Å². The maximum absolute atomic E-state index is 6.02. The number of anilines is 1. The van der Waals surface area contributed by atoms with Crippen molar-refractivity contribution in [2.45, 2.75) is 13.0 Å². The lowest BCUT2D eigenvalue weighted by atomic mass is 10.2. The fourth-order valence-electron chi connectivity index (χ4n) is 2.13. The molecular weight excluding hydrogens is 230 g/mol. The Bertz CT molecular complexity index is 640. The molecule has 0 bridgehead atoms. The van der Waals surface area contributed by atoms with Gasteiger partial charge in [-0.15, -0.1) is 0 Å². The molecule has 3 aromatic rings. The topological polar surface area (TPSA) is 43.8 Å². The lowest BCUT2D eigenvalue weighted by molar-refractivity contribution is 0.670. The van der Waals surface area contributed by atoms with Crippen molar-refractivity contribution >= 4 is 28.3 Å². The molecule has 1 aromatic carbocycles. The molecule has 3 nitrogen and oxygen atoms in total. The molecule has 17 heavy (non-hydrogen) atoms. The largest absolute Gasteiger partial charge is 0.369 e. The van der Waals surface area contributed by atoms with Crippen LogP contribution in [0, 0.1) is 0 Å². The summed E-state index contributed by atoms with van der Waals surface area (Å²) in [6.45, 7) is 2.15. The van der Waals surface area contributed by atoms with E-state index in [0.29, 0.717) is 5.95 Å². The predicted molar refractivity (Wildman–Crippen MR) is 72.3 cm³/mol. The number of thiophene rings is 1. The summed E-state index contributed by atoms with van der Waals surface area (Å²) in [5.41, 5.74) is 9.32. The SMILES string of the molecule is CC(c1ccsc1)n1c(N)nc2ccccc21. The van der Waals surface area contributed by atoms with Crippen LogP contribution in [0.1, 0.15) is 18.5 Å². The lowest BCUT2D eigenvalue weighted by Crippen LogP contribution is -2.09. The van der Waals surface area contributed by atoms with Gasteiger partial charge in [-0.25, -0.2) is 4.98 Å². The van der Waals surface area contributed by atoms with E-state index in [4.69, 9.17) is 5.73 Å². The monoisotopic (exact) mass is 243 g/mol. The van der Waals surface area contributed by atoms with Crippen LogP contribution in [-0.4, -0.2) is 9.55 Å². The van der Waals surface area contributed by atoms with E-state index >= 15 is 0 Å². The molecule has 0 spiro atoms. The van der Waals surface area contributed by atoms with Crippen LogP contribution in [0.3, 0.4) is 0 Å². The Balaban J connectivity index is 2.20. The molecule has 3 rings (SSSR count). The summed E-state index contributed by atoms with van der Waals surface area (Å²) in [4.78, 5) is 4.39. The van der Waals surface area contributed by atoms with E-state index < -0.39 is 0 Å². The van der Waals surface area contributed by atoms with Crippen molar-refractivity contribution < 1.29 is 0 Å². The Kier molecular flexibility index (Phi) is 2.37. The minimum atomic E-state index is 0.216. The molecular formula is C13H13N3S. The Hall–Kier alpha value is -1.81. The molecule has 0 saturated carbocycles. The minimum absolute atomic E-state index is 0.216. The molecule has 1 unspecified atom stereocenters. The molecule has 2 N–H and O–H groups in total. The number of nitrogens with zero attached hydrogens (tertiary/aromatic N) is 2. The molecule has 0 aliphatic carbocycles. The Morgan fingerprint density at radius 1 is 1.29 bits per heavy atom. The van der Waals surface area contributed by atoms with Gasteiger partial charge in [0.2, 0.25) is 5.95 Å². The van der Waals surface area contributed by atoms with Gasteiger partial charge in [0, 0.05) is 0 Å². The zero-order valence-electron chi connectivity index (χ0n) is 9.50. The van der Waals surface area contributed by atoms with E-state index in [1.165, 1.54) is 5.56 Å². The van der Waals surface area contributed by atoms with E-state index in [0.717, 1.165) is 11.0 Å². The van der Waals surface area contributed by atoms with Crippen molar-refractivity contribution in [2.75, 3.05) is 5.73 Å². The number of aromatic nitrogens is 2. The highest BCUT2D eigenvalue weighted by Gasteiger charge is 2.15. The Labute approximate surface area is 104 Å².